The number of pyridine rings is 1. The first-order valence-electron chi connectivity index (χ1n) is 11.3. The molecule has 1 aliphatic carbocycles. The summed E-state index contributed by atoms with van der Waals surface area (Å²) >= 11 is 0. The highest BCUT2D eigenvalue weighted by molar-refractivity contribution is 5.96. The maximum atomic E-state index is 2.44. The van der Waals surface area contributed by atoms with Crippen LogP contribution < -0.4 is 4.57 Å². The Balaban J connectivity index is 1.98. The molecule has 1 heterocycles. The highest BCUT2D eigenvalue weighted by Gasteiger charge is 2.47. The molecule has 156 valence electrons. The van der Waals surface area contributed by atoms with E-state index in [9.17, 15) is 0 Å². The van der Waals surface area contributed by atoms with Crippen LogP contribution in [0.2, 0.25) is 0 Å². The van der Waals surface area contributed by atoms with Crippen molar-refractivity contribution in [3.63, 3.8) is 0 Å². The zero-order valence-corrected chi connectivity index (χ0v) is 19.8. The van der Waals surface area contributed by atoms with E-state index in [4.69, 9.17) is 0 Å². The van der Waals surface area contributed by atoms with Crippen LogP contribution in [0.4, 0.5) is 0 Å². The van der Waals surface area contributed by atoms with Gasteiger partial charge in [0.1, 0.15) is 7.05 Å². The summed E-state index contributed by atoms with van der Waals surface area (Å²) in [5.74, 6) is 0. The molecule has 0 bridgehead atoms. The molecular weight excluding hydrogens is 374 g/mol. The summed E-state index contributed by atoms with van der Waals surface area (Å²) in [6.07, 6.45) is 2.18. The monoisotopic (exact) mass is 406 g/mol. The summed E-state index contributed by atoms with van der Waals surface area (Å²) in [6, 6.07) is 22.9. The fourth-order valence-electron chi connectivity index (χ4n) is 5.40. The smallest absolute Gasteiger partial charge is 0.201 e. The first kappa shape index (κ1) is 20.0. The zero-order chi connectivity index (χ0) is 22.1. The summed E-state index contributed by atoms with van der Waals surface area (Å²) in [7, 11) is 2.16. The first-order valence-corrected chi connectivity index (χ1v) is 11.3. The second kappa shape index (κ2) is 6.53. The van der Waals surface area contributed by atoms with Gasteiger partial charge in [-0.05, 0) is 81.0 Å². The quantitative estimate of drug-likeness (QED) is 0.295. The van der Waals surface area contributed by atoms with E-state index in [0.29, 0.717) is 0 Å². The lowest BCUT2D eigenvalue weighted by Gasteiger charge is -2.49. The molecule has 1 aromatic heterocycles. The van der Waals surface area contributed by atoms with Crippen LogP contribution in [0.15, 0.2) is 66.9 Å². The van der Waals surface area contributed by atoms with Crippen LogP contribution in [-0.2, 0) is 17.9 Å². The van der Waals surface area contributed by atoms with Gasteiger partial charge >= 0.3 is 0 Å². The fraction of sp³-hybridized carbons (Fsp3) is 0.300. The highest BCUT2D eigenvalue weighted by atomic mass is 14.9. The van der Waals surface area contributed by atoms with E-state index in [2.05, 4.69) is 120 Å². The molecular formula is C30H32N+. The molecule has 4 aromatic rings. The second-order valence-electron chi connectivity index (χ2n) is 10.4. The number of hydrogen-bond acceptors (Lipinski definition) is 0. The number of rotatable bonds is 1. The van der Waals surface area contributed by atoms with E-state index in [1.165, 1.54) is 55.4 Å². The molecule has 31 heavy (non-hydrogen) atoms. The lowest BCUT2D eigenvalue weighted by Crippen LogP contribution is -2.44. The highest BCUT2D eigenvalue weighted by Crippen LogP contribution is 2.56. The summed E-state index contributed by atoms with van der Waals surface area (Å²) < 4.78 is 2.27. The van der Waals surface area contributed by atoms with Crippen molar-refractivity contribution in [2.75, 3.05) is 0 Å². The van der Waals surface area contributed by atoms with Gasteiger partial charge < -0.3 is 0 Å². The summed E-state index contributed by atoms with van der Waals surface area (Å²) in [5, 5.41) is 2.63. The molecule has 0 aliphatic heterocycles. The van der Waals surface area contributed by atoms with Crippen molar-refractivity contribution in [1.82, 2.24) is 0 Å². The predicted molar refractivity (Wildman–Crippen MR) is 132 cm³/mol. The van der Waals surface area contributed by atoms with Crippen LogP contribution in [0.3, 0.4) is 0 Å². The van der Waals surface area contributed by atoms with Gasteiger partial charge in [-0.3, -0.25) is 0 Å². The van der Waals surface area contributed by atoms with Crippen molar-refractivity contribution in [2.45, 2.75) is 52.4 Å². The Labute approximate surface area is 186 Å². The van der Waals surface area contributed by atoms with Crippen molar-refractivity contribution in [3.8, 4) is 22.4 Å². The molecule has 0 atom stereocenters. The van der Waals surface area contributed by atoms with Gasteiger partial charge in [-0.1, -0.05) is 64.1 Å². The van der Waals surface area contributed by atoms with E-state index in [-0.39, 0.29) is 10.8 Å². The number of benzene rings is 3. The summed E-state index contributed by atoms with van der Waals surface area (Å²) in [6.45, 7) is 14.1. The largest absolute Gasteiger partial charge is 0.213 e. The molecule has 1 aliphatic rings. The fourth-order valence-corrected chi connectivity index (χ4v) is 5.40. The maximum absolute atomic E-state index is 2.44. The van der Waals surface area contributed by atoms with Crippen LogP contribution in [0, 0.1) is 13.8 Å². The molecule has 5 rings (SSSR count). The lowest BCUT2D eigenvalue weighted by atomic mass is 9.54. The Bertz CT molecular complexity index is 1350. The zero-order valence-electron chi connectivity index (χ0n) is 19.8. The molecule has 0 amide bonds. The van der Waals surface area contributed by atoms with Crippen molar-refractivity contribution >= 4 is 10.8 Å². The average Bonchev–Trinajstić information content (AvgIpc) is 2.73. The van der Waals surface area contributed by atoms with Crippen LogP contribution in [-0.4, -0.2) is 0 Å². The Morgan fingerprint density at radius 2 is 1.32 bits per heavy atom. The minimum absolute atomic E-state index is 0.00262. The van der Waals surface area contributed by atoms with Crippen molar-refractivity contribution in [1.29, 1.82) is 0 Å². The van der Waals surface area contributed by atoms with Gasteiger partial charge in [-0.15, -0.1) is 0 Å². The van der Waals surface area contributed by atoms with Gasteiger partial charge in [0.2, 0.25) is 5.69 Å². The Kier molecular flexibility index (Phi) is 4.21. The first-order chi connectivity index (χ1) is 14.6. The Hall–Kier alpha value is -2.93. The van der Waals surface area contributed by atoms with Gasteiger partial charge in [0.05, 0.1) is 5.56 Å². The van der Waals surface area contributed by atoms with Crippen molar-refractivity contribution < 1.29 is 4.57 Å². The van der Waals surface area contributed by atoms with Crippen molar-refractivity contribution in [2.24, 2.45) is 7.05 Å². The van der Waals surface area contributed by atoms with Crippen LogP contribution in [0.25, 0.3) is 33.2 Å². The molecule has 0 radical (unpaired) electrons. The minimum atomic E-state index is 0.00262. The van der Waals surface area contributed by atoms with Gasteiger partial charge in [0.25, 0.3) is 0 Å². The van der Waals surface area contributed by atoms with Gasteiger partial charge in [0, 0.05) is 12.1 Å². The normalized spacial score (nSPS) is 16.1. The predicted octanol–water partition coefficient (Wildman–Crippen LogP) is 7.18. The minimum Gasteiger partial charge on any atom is -0.201 e. The van der Waals surface area contributed by atoms with E-state index in [1.54, 1.807) is 0 Å². The van der Waals surface area contributed by atoms with E-state index >= 15 is 0 Å². The number of aromatic nitrogens is 1. The average molecular weight is 407 g/mol. The molecule has 1 heteroatoms. The third-order valence-corrected chi connectivity index (χ3v) is 8.04. The molecule has 1 nitrogen and oxygen atoms in total. The van der Waals surface area contributed by atoms with Gasteiger partial charge in [0.15, 0.2) is 6.20 Å². The number of nitrogens with zero attached hydrogens (tertiary/aromatic N) is 1. The molecule has 3 aromatic carbocycles. The molecule has 0 unspecified atom stereocenters. The van der Waals surface area contributed by atoms with Crippen LogP contribution in [0.5, 0.6) is 0 Å². The van der Waals surface area contributed by atoms with Crippen molar-refractivity contribution in [3.05, 3.63) is 89.1 Å². The summed E-state index contributed by atoms with van der Waals surface area (Å²) in [5.41, 5.74) is 11.0. The lowest BCUT2D eigenvalue weighted by molar-refractivity contribution is -0.660. The molecule has 0 spiro atoms. The standard InChI is InChI=1S/C30H32N/c1-19-14-15-31(7)26(16-19)27-20(2)12-13-24-28(27)23-17-21-10-8-9-11-22(21)18-25(23)30(5,6)29(24,3)4/h8-18H,1-7H3/q+1. The van der Waals surface area contributed by atoms with Crippen LogP contribution >= 0.6 is 0 Å². The van der Waals surface area contributed by atoms with E-state index in [1.807, 2.05) is 0 Å². The van der Waals surface area contributed by atoms with E-state index in [0.717, 1.165) is 0 Å². The molecule has 0 fully saturated rings. The van der Waals surface area contributed by atoms with Gasteiger partial charge in [-0.2, -0.15) is 0 Å². The molecule has 0 saturated heterocycles. The van der Waals surface area contributed by atoms with Gasteiger partial charge in [-0.25, -0.2) is 4.57 Å². The van der Waals surface area contributed by atoms with Crippen LogP contribution in [0.1, 0.15) is 49.9 Å². The third kappa shape index (κ3) is 2.72. The SMILES string of the molecule is Cc1cc[n+](C)c(-c2c(C)ccc3c2-c2cc4ccccc4cc2C(C)(C)C3(C)C)c1. The topological polar surface area (TPSA) is 3.88 Å². The molecule has 0 saturated carbocycles. The summed E-state index contributed by atoms with van der Waals surface area (Å²) in [4.78, 5) is 0. The number of hydrogen-bond donors (Lipinski definition) is 0. The second-order valence-corrected chi connectivity index (χ2v) is 10.4. The maximum Gasteiger partial charge on any atom is 0.213 e. The number of fused-ring (bicyclic) bond motifs is 4. The number of aryl methyl sites for hydroxylation is 3. The van der Waals surface area contributed by atoms with E-state index < -0.39 is 0 Å². The Morgan fingerprint density at radius 3 is 2.03 bits per heavy atom. The Morgan fingerprint density at radius 1 is 0.677 bits per heavy atom. The molecule has 0 N–H and O–H groups in total. The third-order valence-electron chi connectivity index (χ3n) is 8.04.